The number of hydrogen-bond acceptors (Lipinski definition) is 6. The lowest BCUT2D eigenvalue weighted by Crippen LogP contribution is -2.31. The van der Waals surface area contributed by atoms with Crippen molar-refractivity contribution in [1.29, 1.82) is 0 Å². The van der Waals surface area contributed by atoms with Crippen LogP contribution in [0.3, 0.4) is 0 Å². The number of ketones is 1. The van der Waals surface area contributed by atoms with Crippen LogP contribution >= 0.6 is 11.3 Å². The van der Waals surface area contributed by atoms with Crippen molar-refractivity contribution in [3.8, 4) is 5.75 Å². The van der Waals surface area contributed by atoms with Crippen molar-refractivity contribution in [3.63, 3.8) is 0 Å². The molecule has 0 radical (unpaired) electrons. The average molecular weight is 458 g/mol. The molecule has 1 aliphatic rings. The maximum Gasteiger partial charge on any atom is 0.295 e. The molecule has 1 saturated heterocycles. The molecule has 1 N–H and O–H groups in total. The molecule has 32 heavy (non-hydrogen) atoms. The number of aryl methyl sites for hydroxylation is 3. The van der Waals surface area contributed by atoms with Gasteiger partial charge in [-0.15, -0.1) is 11.3 Å². The third kappa shape index (κ3) is 4.59. The van der Waals surface area contributed by atoms with E-state index in [1.807, 2.05) is 52.1 Å². The van der Waals surface area contributed by atoms with Crippen LogP contribution in [0.15, 0.2) is 29.2 Å². The summed E-state index contributed by atoms with van der Waals surface area (Å²) < 4.78 is 11.1. The molecule has 1 aliphatic heterocycles. The first kappa shape index (κ1) is 24.0. The standard InChI is InChI=1S/C25H31NO5S/c1-14(2)31-10-7-9-26-20(24-16(4)8-11-32-24)19(22(28)25(26)29)21(27)18-13-15(3)12-17(5)23(18)30-6/h8,11-14,20,27H,7,9-10H2,1-6H3/b21-19+. The van der Waals surface area contributed by atoms with Crippen LogP contribution in [0.1, 0.15) is 53.4 Å². The van der Waals surface area contributed by atoms with Crippen LogP contribution in [0.4, 0.5) is 0 Å². The third-order valence-electron chi connectivity index (χ3n) is 5.56. The minimum absolute atomic E-state index is 0.0952. The predicted octanol–water partition coefficient (Wildman–Crippen LogP) is 4.92. The Morgan fingerprint density at radius 2 is 1.91 bits per heavy atom. The van der Waals surface area contributed by atoms with Crippen molar-refractivity contribution in [2.75, 3.05) is 20.3 Å². The fraction of sp³-hybridized carbons (Fsp3) is 0.440. The summed E-state index contributed by atoms with van der Waals surface area (Å²) in [7, 11) is 1.53. The molecular formula is C25H31NO5S. The van der Waals surface area contributed by atoms with Crippen LogP contribution in [0, 0.1) is 20.8 Å². The highest BCUT2D eigenvalue weighted by Crippen LogP contribution is 2.44. The van der Waals surface area contributed by atoms with Gasteiger partial charge >= 0.3 is 0 Å². The SMILES string of the molecule is COc1c(C)cc(C)cc1/C(O)=C1\C(=O)C(=O)N(CCCOC(C)C)C1c1sccc1C. The first-order chi connectivity index (χ1) is 15.2. The fourth-order valence-electron chi connectivity index (χ4n) is 4.15. The lowest BCUT2D eigenvalue weighted by atomic mass is 9.96. The number of likely N-dealkylation sites (tertiary alicyclic amines) is 1. The van der Waals surface area contributed by atoms with E-state index in [-0.39, 0.29) is 17.4 Å². The number of benzene rings is 1. The van der Waals surface area contributed by atoms with Crippen LogP contribution < -0.4 is 4.74 Å². The second kappa shape index (κ2) is 9.88. The predicted molar refractivity (Wildman–Crippen MR) is 126 cm³/mol. The average Bonchev–Trinajstić information content (AvgIpc) is 3.25. The van der Waals surface area contributed by atoms with E-state index in [4.69, 9.17) is 9.47 Å². The van der Waals surface area contributed by atoms with Crippen LogP contribution in [-0.2, 0) is 14.3 Å². The van der Waals surface area contributed by atoms with Crippen molar-refractivity contribution in [1.82, 2.24) is 4.90 Å². The van der Waals surface area contributed by atoms with Crippen LogP contribution in [0.2, 0.25) is 0 Å². The number of Topliss-reactive ketones (excluding diaryl/α,β-unsaturated/α-hetero) is 1. The molecule has 0 spiro atoms. The van der Waals surface area contributed by atoms with Gasteiger partial charge in [0, 0.05) is 18.0 Å². The molecular weight excluding hydrogens is 426 g/mol. The lowest BCUT2D eigenvalue weighted by molar-refractivity contribution is -0.140. The number of nitrogens with zero attached hydrogens (tertiary/aromatic N) is 1. The van der Waals surface area contributed by atoms with Gasteiger partial charge in [-0.2, -0.15) is 0 Å². The van der Waals surface area contributed by atoms with Gasteiger partial charge in [-0.25, -0.2) is 0 Å². The second-order valence-corrected chi connectivity index (χ2v) is 9.34. The molecule has 1 atom stereocenters. The zero-order chi connectivity index (χ0) is 23.6. The quantitative estimate of drug-likeness (QED) is 0.264. The molecule has 0 saturated carbocycles. The summed E-state index contributed by atoms with van der Waals surface area (Å²) in [5, 5.41) is 13.3. The summed E-state index contributed by atoms with van der Waals surface area (Å²) in [4.78, 5) is 28.7. The van der Waals surface area contributed by atoms with Gasteiger partial charge in [-0.05, 0) is 75.2 Å². The van der Waals surface area contributed by atoms with Gasteiger partial charge in [-0.3, -0.25) is 9.59 Å². The maximum atomic E-state index is 13.2. The molecule has 1 aromatic carbocycles. The Labute approximate surface area is 193 Å². The van der Waals surface area contributed by atoms with Crippen LogP contribution in [0.25, 0.3) is 5.76 Å². The first-order valence-corrected chi connectivity index (χ1v) is 11.6. The Morgan fingerprint density at radius 3 is 2.50 bits per heavy atom. The number of hydrogen-bond donors (Lipinski definition) is 1. The smallest absolute Gasteiger partial charge is 0.295 e. The van der Waals surface area contributed by atoms with E-state index in [0.717, 1.165) is 21.6 Å². The second-order valence-electron chi connectivity index (χ2n) is 8.40. The number of methoxy groups -OCH3 is 1. The van der Waals surface area contributed by atoms with Gasteiger partial charge < -0.3 is 19.5 Å². The van der Waals surface area contributed by atoms with Gasteiger partial charge in [0.2, 0.25) is 0 Å². The van der Waals surface area contributed by atoms with Gasteiger partial charge in [0.15, 0.2) is 0 Å². The van der Waals surface area contributed by atoms with Crippen molar-refractivity contribution in [2.45, 2.75) is 53.2 Å². The topological polar surface area (TPSA) is 76.1 Å². The largest absolute Gasteiger partial charge is 0.507 e. The van der Waals surface area contributed by atoms with Gasteiger partial charge in [0.1, 0.15) is 11.5 Å². The first-order valence-electron chi connectivity index (χ1n) is 10.8. The van der Waals surface area contributed by atoms with E-state index in [9.17, 15) is 14.7 Å². The molecule has 3 rings (SSSR count). The van der Waals surface area contributed by atoms with E-state index in [1.165, 1.54) is 18.4 Å². The summed E-state index contributed by atoms with van der Waals surface area (Å²) in [6.45, 7) is 10.5. The number of ether oxygens (including phenoxy) is 2. The third-order valence-corrected chi connectivity index (χ3v) is 6.63. The number of rotatable bonds is 8. The number of carbonyl (C=O) groups excluding carboxylic acids is 2. The molecule has 6 nitrogen and oxygen atoms in total. The minimum atomic E-state index is -0.675. The van der Waals surface area contributed by atoms with E-state index in [2.05, 4.69) is 0 Å². The number of aliphatic hydroxyl groups excluding tert-OH is 1. The van der Waals surface area contributed by atoms with Crippen molar-refractivity contribution < 1.29 is 24.2 Å². The molecule has 1 unspecified atom stereocenters. The van der Waals surface area contributed by atoms with Crippen molar-refractivity contribution in [2.24, 2.45) is 0 Å². The fourth-order valence-corrected chi connectivity index (χ4v) is 5.19. The zero-order valence-electron chi connectivity index (χ0n) is 19.5. The molecule has 1 amide bonds. The number of carbonyl (C=O) groups is 2. The van der Waals surface area contributed by atoms with E-state index in [0.29, 0.717) is 30.9 Å². The summed E-state index contributed by atoms with van der Waals surface area (Å²) in [5.74, 6) is -0.986. The van der Waals surface area contributed by atoms with Gasteiger partial charge in [-0.1, -0.05) is 6.07 Å². The normalized spacial score (nSPS) is 18.1. The van der Waals surface area contributed by atoms with Crippen molar-refractivity contribution >= 4 is 28.8 Å². The summed E-state index contributed by atoms with van der Waals surface area (Å²) in [6, 6.07) is 5.05. The molecule has 7 heteroatoms. The molecule has 2 heterocycles. The number of thiophene rings is 1. The number of aliphatic hydroxyl groups is 1. The highest BCUT2D eigenvalue weighted by molar-refractivity contribution is 7.10. The monoisotopic (exact) mass is 457 g/mol. The molecule has 1 aromatic heterocycles. The van der Waals surface area contributed by atoms with Gasteiger partial charge in [0.05, 0.1) is 30.4 Å². The van der Waals surface area contributed by atoms with E-state index in [1.54, 1.807) is 11.0 Å². The molecule has 172 valence electrons. The van der Waals surface area contributed by atoms with Crippen LogP contribution in [0.5, 0.6) is 5.75 Å². The Kier molecular flexibility index (Phi) is 7.41. The van der Waals surface area contributed by atoms with E-state index >= 15 is 0 Å². The lowest BCUT2D eigenvalue weighted by Gasteiger charge is -2.25. The molecule has 2 aromatic rings. The summed E-state index contributed by atoms with van der Waals surface area (Å²) in [5.41, 5.74) is 3.27. The highest BCUT2D eigenvalue weighted by Gasteiger charge is 2.47. The van der Waals surface area contributed by atoms with Gasteiger partial charge in [0.25, 0.3) is 11.7 Å². The summed E-state index contributed by atoms with van der Waals surface area (Å²) >= 11 is 1.48. The zero-order valence-corrected chi connectivity index (χ0v) is 20.3. The Bertz CT molecular complexity index is 1050. The molecule has 1 fully saturated rings. The maximum absolute atomic E-state index is 13.2. The van der Waals surface area contributed by atoms with Crippen molar-refractivity contribution in [3.05, 3.63) is 56.3 Å². The Morgan fingerprint density at radius 1 is 1.19 bits per heavy atom. The highest BCUT2D eigenvalue weighted by atomic mass is 32.1. The number of amides is 1. The Balaban J connectivity index is 2.12. The van der Waals surface area contributed by atoms with Crippen LogP contribution in [-0.4, -0.2) is 48.1 Å². The molecule has 0 aliphatic carbocycles. The molecule has 0 bridgehead atoms. The van der Waals surface area contributed by atoms with E-state index < -0.39 is 17.7 Å². The minimum Gasteiger partial charge on any atom is -0.507 e. The Hall–Kier alpha value is -2.64. The summed E-state index contributed by atoms with van der Waals surface area (Å²) in [6.07, 6.45) is 0.691.